The highest BCUT2D eigenvalue weighted by molar-refractivity contribution is 14.1. The summed E-state index contributed by atoms with van der Waals surface area (Å²) >= 11 is 7.00. The van der Waals surface area contributed by atoms with E-state index in [1.54, 1.807) is 0 Å². The van der Waals surface area contributed by atoms with E-state index in [9.17, 15) is 0 Å². The molecule has 0 spiro atoms. The van der Waals surface area contributed by atoms with Crippen LogP contribution in [0.2, 0.25) is 0 Å². The first kappa shape index (κ1) is 18.7. The predicted molar refractivity (Wildman–Crippen MR) is 113 cm³/mol. The van der Waals surface area contributed by atoms with Crippen LogP contribution in [-0.4, -0.2) is 6.61 Å². The third-order valence-corrected chi connectivity index (χ3v) is 4.94. The average Bonchev–Trinajstić information content (AvgIpc) is 2.32. The number of halogens is 3. The van der Waals surface area contributed by atoms with Crippen molar-refractivity contribution < 1.29 is 4.74 Å². The Hall–Kier alpha value is 0.690. The van der Waals surface area contributed by atoms with Crippen LogP contribution >= 0.6 is 67.8 Å². The summed E-state index contributed by atoms with van der Waals surface area (Å²) in [5, 5.41) is 0. The summed E-state index contributed by atoms with van der Waals surface area (Å²) in [7, 11) is 0. The van der Waals surface area contributed by atoms with Gasteiger partial charge in [-0.05, 0) is 120 Å². The first-order chi connectivity index (χ1) is 9.40. The molecule has 0 N–H and O–H groups in total. The second kappa shape index (κ2) is 9.66. The van der Waals surface area contributed by atoms with Gasteiger partial charge in [-0.15, -0.1) is 0 Å². The molecule has 110 valence electrons. The van der Waals surface area contributed by atoms with Gasteiger partial charge in [0.15, 0.2) is 0 Å². The minimum atomic E-state index is 0.646. The highest BCUT2D eigenvalue weighted by Gasteiger charge is 2.07. The van der Waals surface area contributed by atoms with Gasteiger partial charge in [0.05, 0.1) is 7.14 Å². The monoisotopic (exact) mass is 608 g/mol. The highest BCUT2D eigenvalue weighted by atomic mass is 127. The molecule has 0 aliphatic heterocycles. The third-order valence-electron chi connectivity index (χ3n) is 2.71. The number of benzene rings is 1. The van der Waals surface area contributed by atoms with Crippen LogP contribution in [0.25, 0.3) is 0 Å². The second-order valence-corrected chi connectivity index (χ2v) is 8.45. The number of hydrogen-bond donors (Lipinski definition) is 0. The maximum absolute atomic E-state index is 5.91. The minimum Gasteiger partial charge on any atom is -0.487 e. The van der Waals surface area contributed by atoms with Crippen LogP contribution in [0.3, 0.4) is 0 Å². The fraction of sp³-hybridized carbons (Fsp3) is 0.375. The van der Waals surface area contributed by atoms with Crippen molar-refractivity contribution in [2.75, 3.05) is 6.61 Å². The zero-order valence-corrected chi connectivity index (χ0v) is 18.4. The molecule has 0 aromatic heterocycles. The number of hydrogen-bond acceptors (Lipinski definition) is 1. The van der Waals surface area contributed by atoms with E-state index in [1.165, 1.54) is 21.9 Å². The standard InChI is InChI=1S/C16H19I3O/c1-11(2)5-4-6-12(3)7-8-20-16-14(18)9-13(17)10-15(16)19/h5,7,9-10H,4,6,8H2,1-3H3. The van der Waals surface area contributed by atoms with Crippen molar-refractivity contribution in [1.82, 2.24) is 0 Å². The van der Waals surface area contributed by atoms with E-state index >= 15 is 0 Å². The summed E-state index contributed by atoms with van der Waals surface area (Å²) in [6.07, 6.45) is 6.69. The van der Waals surface area contributed by atoms with Gasteiger partial charge in [0.25, 0.3) is 0 Å². The molecule has 1 nitrogen and oxygen atoms in total. The van der Waals surface area contributed by atoms with E-state index in [0.717, 1.165) is 18.6 Å². The van der Waals surface area contributed by atoms with Crippen LogP contribution in [0.4, 0.5) is 0 Å². The molecule has 0 saturated heterocycles. The van der Waals surface area contributed by atoms with E-state index in [2.05, 4.69) is 113 Å². The van der Waals surface area contributed by atoms with E-state index < -0.39 is 0 Å². The maximum atomic E-state index is 5.91. The number of rotatable bonds is 6. The van der Waals surface area contributed by atoms with Gasteiger partial charge in [0.1, 0.15) is 12.4 Å². The Bertz CT molecular complexity index is 491. The Labute approximate surface area is 163 Å². The van der Waals surface area contributed by atoms with Crippen LogP contribution in [-0.2, 0) is 0 Å². The zero-order valence-electron chi connectivity index (χ0n) is 12.0. The van der Waals surface area contributed by atoms with Gasteiger partial charge < -0.3 is 4.74 Å². The van der Waals surface area contributed by atoms with Gasteiger partial charge in [-0.1, -0.05) is 17.2 Å². The molecule has 0 radical (unpaired) electrons. The van der Waals surface area contributed by atoms with Gasteiger partial charge in [0.2, 0.25) is 0 Å². The largest absolute Gasteiger partial charge is 0.487 e. The highest BCUT2D eigenvalue weighted by Crippen LogP contribution is 2.29. The van der Waals surface area contributed by atoms with Gasteiger partial charge >= 0.3 is 0 Å². The molecule has 0 heterocycles. The Morgan fingerprint density at radius 3 is 2.20 bits per heavy atom. The second-order valence-electron chi connectivity index (χ2n) is 4.88. The molecule has 0 aliphatic rings. The van der Waals surface area contributed by atoms with Crippen molar-refractivity contribution in [3.8, 4) is 5.75 Å². The lowest BCUT2D eigenvalue weighted by Crippen LogP contribution is -1.99. The normalized spacial score (nSPS) is 11.4. The summed E-state index contributed by atoms with van der Waals surface area (Å²) in [5.41, 5.74) is 2.77. The van der Waals surface area contributed by atoms with Gasteiger partial charge in [0, 0.05) is 3.57 Å². The molecule has 0 amide bonds. The molecule has 0 aliphatic carbocycles. The fourth-order valence-electron chi connectivity index (χ4n) is 1.62. The first-order valence-corrected chi connectivity index (χ1v) is 9.70. The molecule has 0 unspecified atom stereocenters. The van der Waals surface area contributed by atoms with Gasteiger partial charge in [-0.3, -0.25) is 0 Å². The summed E-state index contributed by atoms with van der Waals surface area (Å²) in [5.74, 6) is 1.000. The molecule has 1 aromatic rings. The number of ether oxygens (including phenoxy) is 1. The van der Waals surface area contributed by atoms with Crippen LogP contribution in [0, 0.1) is 10.7 Å². The quantitative estimate of drug-likeness (QED) is 0.263. The van der Waals surface area contributed by atoms with Crippen LogP contribution in [0.15, 0.2) is 35.4 Å². The van der Waals surface area contributed by atoms with Crippen molar-refractivity contribution in [3.63, 3.8) is 0 Å². The predicted octanol–water partition coefficient (Wildman–Crippen LogP) is 6.57. The van der Waals surface area contributed by atoms with Crippen molar-refractivity contribution in [3.05, 3.63) is 46.1 Å². The molecular weight excluding hydrogens is 589 g/mol. The Morgan fingerprint density at radius 1 is 1.05 bits per heavy atom. The first-order valence-electron chi connectivity index (χ1n) is 6.46. The molecule has 0 fully saturated rings. The average molecular weight is 608 g/mol. The summed E-state index contributed by atoms with van der Waals surface area (Å²) in [6, 6.07) is 4.29. The summed E-state index contributed by atoms with van der Waals surface area (Å²) < 4.78 is 9.51. The molecule has 20 heavy (non-hydrogen) atoms. The molecule has 1 rings (SSSR count). The maximum Gasteiger partial charge on any atom is 0.146 e. The van der Waals surface area contributed by atoms with Crippen LogP contribution < -0.4 is 4.74 Å². The van der Waals surface area contributed by atoms with E-state index in [-0.39, 0.29) is 0 Å². The third kappa shape index (κ3) is 7.11. The lowest BCUT2D eigenvalue weighted by atomic mass is 10.1. The van der Waals surface area contributed by atoms with Crippen molar-refractivity contribution in [2.45, 2.75) is 33.6 Å². The summed E-state index contributed by atoms with van der Waals surface area (Å²) in [6.45, 7) is 7.10. The molecule has 4 heteroatoms. The lowest BCUT2D eigenvalue weighted by Gasteiger charge is -2.09. The fourth-order valence-corrected chi connectivity index (χ4v) is 5.52. The minimum absolute atomic E-state index is 0.646. The molecule has 1 aromatic carbocycles. The molecule has 0 bridgehead atoms. The molecule has 0 atom stereocenters. The van der Waals surface area contributed by atoms with Crippen molar-refractivity contribution >= 4 is 67.8 Å². The summed E-state index contributed by atoms with van der Waals surface area (Å²) in [4.78, 5) is 0. The molecular formula is C16H19I3O. The topological polar surface area (TPSA) is 9.23 Å². The van der Waals surface area contributed by atoms with E-state index in [0.29, 0.717) is 6.61 Å². The Balaban J connectivity index is 2.53. The molecule has 0 saturated carbocycles. The van der Waals surface area contributed by atoms with Gasteiger partial charge in [-0.25, -0.2) is 0 Å². The SMILES string of the molecule is CC(C)=CCCC(C)=CCOc1c(I)cc(I)cc1I. The van der Waals surface area contributed by atoms with Crippen LogP contribution in [0.5, 0.6) is 5.75 Å². The van der Waals surface area contributed by atoms with Crippen molar-refractivity contribution in [2.24, 2.45) is 0 Å². The Kier molecular flexibility index (Phi) is 9.05. The zero-order chi connectivity index (χ0) is 15.1. The van der Waals surface area contributed by atoms with Crippen LogP contribution in [0.1, 0.15) is 33.6 Å². The smallest absolute Gasteiger partial charge is 0.146 e. The number of allylic oxidation sites excluding steroid dienone is 3. The van der Waals surface area contributed by atoms with Gasteiger partial charge in [-0.2, -0.15) is 0 Å². The Morgan fingerprint density at radius 2 is 1.65 bits per heavy atom. The van der Waals surface area contributed by atoms with E-state index in [1.807, 2.05) is 0 Å². The van der Waals surface area contributed by atoms with E-state index in [4.69, 9.17) is 4.74 Å². The van der Waals surface area contributed by atoms with Crippen molar-refractivity contribution in [1.29, 1.82) is 0 Å². The lowest BCUT2D eigenvalue weighted by molar-refractivity contribution is 0.356.